The highest BCUT2D eigenvalue weighted by atomic mass is 16.2. The van der Waals surface area contributed by atoms with Gasteiger partial charge in [-0.2, -0.15) is 0 Å². The Kier molecular flexibility index (Phi) is 4.67. The van der Waals surface area contributed by atoms with Crippen LogP contribution < -0.4 is 5.32 Å². The number of aromatic nitrogens is 2. The standard InChI is InChI=1S/C23H26N4O/c1-23(2,3)18-6-8-19(9-7-18)25-22(28)27-16-15-26-14-4-5-20(26)21(27)17-10-12-24-13-11-17/h4-14,21H,15-16H2,1-3H3,(H,25,28)/t21-/m1/s1. The van der Waals surface area contributed by atoms with Crippen LogP contribution in [0, 0.1) is 0 Å². The van der Waals surface area contributed by atoms with E-state index in [9.17, 15) is 4.79 Å². The molecule has 1 aliphatic heterocycles. The Morgan fingerprint density at radius 1 is 1.04 bits per heavy atom. The van der Waals surface area contributed by atoms with Gasteiger partial charge in [0.2, 0.25) is 0 Å². The van der Waals surface area contributed by atoms with E-state index >= 15 is 0 Å². The van der Waals surface area contributed by atoms with Crippen molar-refractivity contribution in [2.75, 3.05) is 11.9 Å². The molecule has 2 aromatic heterocycles. The number of carbonyl (C=O) groups is 1. The summed E-state index contributed by atoms with van der Waals surface area (Å²) < 4.78 is 2.22. The maximum atomic E-state index is 13.2. The number of benzene rings is 1. The molecular weight excluding hydrogens is 348 g/mol. The van der Waals surface area contributed by atoms with Crippen molar-refractivity contribution in [3.63, 3.8) is 0 Å². The first-order chi connectivity index (χ1) is 13.4. The molecule has 0 saturated heterocycles. The van der Waals surface area contributed by atoms with Gasteiger partial charge in [-0.05, 0) is 52.9 Å². The third kappa shape index (κ3) is 3.52. The summed E-state index contributed by atoms with van der Waals surface area (Å²) in [7, 11) is 0. The first-order valence-electron chi connectivity index (χ1n) is 9.66. The quantitative estimate of drug-likeness (QED) is 0.699. The number of nitrogens with one attached hydrogen (secondary N) is 1. The van der Waals surface area contributed by atoms with Gasteiger partial charge in [0.15, 0.2) is 0 Å². The van der Waals surface area contributed by atoms with Gasteiger partial charge < -0.3 is 14.8 Å². The summed E-state index contributed by atoms with van der Waals surface area (Å²) in [6, 6.07) is 16.0. The number of hydrogen-bond acceptors (Lipinski definition) is 2. The average molecular weight is 374 g/mol. The van der Waals surface area contributed by atoms with Crippen molar-refractivity contribution in [2.24, 2.45) is 0 Å². The van der Waals surface area contributed by atoms with Crippen molar-refractivity contribution in [3.05, 3.63) is 83.9 Å². The number of hydrogen-bond donors (Lipinski definition) is 1. The van der Waals surface area contributed by atoms with Gasteiger partial charge >= 0.3 is 6.03 Å². The van der Waals surface area contributed by atoms with Crippen molar-refractivity contribution in [3.8, 4) is 0 Å². The Morgan fingerprint density at radius 3 is 2.43 bits per heavy atom. The molecule has 1 N–H and O–H groups in total. The number of pyridine rings is 1. The van der Waals surface area contributed by atoms with Gasteiger partial charge in [0, 0.05) is 43.1 Å². The second-order valence-electron chi connectivity index (χ2n) is 8.26. The first-order valence-corrected chi connectivity index (χ1v) is 9.66. The normalized spacial score (nSPS) is 16.5. The molecule has 28 heavy (non-hydrogen) atoms. The van der Waals surface area contributed by atoms with Gasteiger partial charge in [-0.3, -0.25) is 4.98 Å². The zero-order valence-electron chi connectivity index (χ0n) is 16.6. The zero-order valence-corrected chi connectivity index (χ0v) is 16.6. The molecule has 0 radical (unpaired) electrons. The van der Waals surface area contributed by atoms with Crippen molar-refractivity contribution in [1.29, 1.82) is 0 Å². The lowest BCUT2D eigenvalue weighted by Crippen LogP contribution is -2.44. The molecule has 5 nitrogen and oxygen atoms in total. The fourth-order valence-corrected chi connectivity index (χ4v) is 3.75. The minimum Gasteiger partial charge on any atom is -0.348 e. The van der Waals surface area contributed by atoms with Crippen LogP contribution >= 0.6 is 0 Å². The number of urea groups is 1. The van der Waals surface area contributed by atoms with Gasteiger partial charge in [-0.15, -0.1) is 0 Å². The van der Waals surface area contributed by atoms with Gasteiger partial charge in [-0.1, -0.05) is 32.9 Å². The van der Waals surface area contributed by atoms with E-state index in [-0.39, 0.29) is 17.5 Å². The molecule has 4 rings (SSSR count). The number of carbonyl (C=O) groups excluding carboxylic acids is 1. The number of nitrogens with zero attached hydrogens (tertiary/aromatic N) is 3. The largest absolute Gasteiger partial charge is 0.348 e. The van der Waals surface area contributed by atoms with Crippen LogP contribution in [0.3, 0.4) is 0 Å². The molecule has 0 spiro atoms. The fourth-order valence-electron chi connectivity index (χ4n) is 3.75. The maximum absolute atomic E-state index is 13.2. The predicted molar refractivity (Wildman–Crippen MR) is 111 cm³/mol. The summed E-state index contributed by atoms with van der Waals surface area (Å²) in [6.07, 6.45) is 5.63. The SMILES string of the molecule is CC(C)(C)c1ccc(NC(=O)N2CCn3cccc3[C@H]2c2ccncc2)cc1. The van der Waals surface area contributed by atoms with Crippen LogP contribution in [0.25, 0.3) is 0 Å². The average Bonchev–Trinajstić information content (AvgIpc) is 3.16. The molecule has 1 aromatic carbocycles. The van der Waals surface area contributed by atoms with E-state index in [1.165, 1.54) is 5.56 Å². The molecule has 0 bridgehead atoms. The molecule has 1 aliphatic rings. The van der Waals surface area contributed by atoms with Crippen LogP contribution in [-0.4, -0.2) is 27.0 Å². The van der Waals surface area contributed by atoms with Gasteiger partial charge in [0.25, 0.3) is 0 Å². The highest BCUT2D eigenvalue weighted by Gasteiger charge is 2.32. The van der Waals surface area contributed by atoms with Crippen LogP contribution in [0.4, 0.5) is 10.5 Å². The van der Waals surface area contributed by atoms with Gasteiger partial charge in [0.1, 0.15) is 0 Å². The molecule has 0 saturated carbocycles. The molecule has 1 atom stereocenters. The molecule has 0 unspecified atom stereocenters. The predicted octanol–water partition coefficient (Wildman–Crippen LogP) is 4.82. The number of amides is 2. The second-order valence-corrected chi connectivity index (χ2v) is 8.26. The Balaban J connectivity index is 1.59. The molecule has 2 amide bonds. The molecule has 5 heteroatoms. The lowest BCUT2D eigenvalue weighted by atomic mass is 9.87. The monoisotopic (exact) mass is 374 g/mol. The van der Waals surface area contributed by atoms with Crippen LogP contribution in [-0.2, 0) is 12.0 Å². The van der Waals surface area contributed by atoms with E-state index in [1.807, 2.05) is 35.2 Å². The third-order valence-corrected chi connectivity index (χ3v) is 5.32. The number of anilines is 1. The van der Waals surface area contributed by atoms with Crippen LogP contribution in [0.1, 0.15) is 43.6 Å². The Hall–Kier alpha value is -3.08. The lowest BCUT2D eigenvalue weighted by molar-refractivity contribution is 0.182. The molecule has 3 aromatic rings. The highest BCUT2D eigenvalue weighted by molar-refractivity contribution is 5.90. The number of rotatable bonds is 2. The Labute approximate surface area is 166 Å². The summed E-state index contributed by atoms with van der Waals surface area (Å²) in [6.45, 7) is 8.00. The van der Waals surface area contributed by atoms with E-state index in [2.05, 4.69) is 60.0 Å². The molecule has 0 aliphatic carbocycles. The molecule has 144 valence electrons. The van der Waals surface area contributed by atoms with Crippen LogP contribution in [0.15, 0.2) is 67.1 Å². The highest BCUT2D eigenvalue weighted by Crippen LogP contribution is 2.32. The van der Waals surface area contributed by atoms with E-state index in [1.54, 1.807) is 12.4 Å². The molecule has 3 heterocycles. The number of fused-ring (bicyclic) bond motifs is 1. The summed E-state index contributed by atoms with van der Waals surface area (Å²) >= 11 is 0. The zero-order chi connectivity index (χ0) is 19.7. The molecular formula is C23H26N4O. The third-order valence-electron chi connectivity index (χ3n) is 5.32. The van der Waals surface area contributed by atoms with Crippen molar-refractivity contribution < 1.29 is 4.79 Å². The topological polar surface area (TPSA) is 50.2 Å². The molecule has 0 fully saturated rings. The maximum Gasteiger partial charge on any atom is 0.322 e. The van der Waals surface area contributed by atoms with E-state index in [4.69, 9.17) is 0 Å². The van der Waals surface area contributed by atoms with Crippen LogP contribution in [0.2, 0.25) is 0 Å². The second kappa shape index (κ2) is 7.15. The lowest BCUT2D eigenvalue weighted by Gasteiger charge is -2.37. The minimum absolute atomic E-state index is 0.0854. The Morgan fingerprint density at radius 2 is 1.75 bits per heavy atom. The summed E-state index contributed by atoms with van der Waals surface area (Å²) in [5, 5.41) is 3.08. The van der Waals surface area contributed by atoms with Crippen LogP contribution in [0.5, 0.6) is 0 Å². The summed E-state index contributed by atoms with van der Waals surface area (Å²) in [5.74, 6) is 0. The minimum atomic E-state index is -0.124. The van der Waals surface area contributed by atoms with Gasteiger partial charge in [0.05, 0.1) is 6.04 Å². The van der Waals surface area contributed by atoms with E-state index < -0.39 is 0 Å². The van der Waals surface area contributed by atoms with Crippen molar-refractivity contribution in [2.45, 2.75) is 38.8 Å². The summed E-state index contributed by atoms with van der Waals surface area (Å²) in [4.78, 5) is 19.2. The van der Waals surface area contributed by atoms with Crippen molar-refractivity contribution >= 4 is 11.7 Å². The smallest absolute Gasteiger partial charge is 0.322 e. The van der Waals surface area contributed by atoms with E-state index in [0.717, 1.165) is 23.5 Å². The first kappa shape index (κ1) is 18.3. The van der Waals surface area contributed by atoms with Gasteiger partial charge in [-0.25, -0.2) is 4.79 Å². The Bertz CT molecular complexity index is 954. The summed E-state index contributed by atoms with van der Waals surface area (Å²) in [5.41, 5.74) is 4.33. The van der Waals surface area contributed by atoms with E-state index in [0.29, 0.717) is 6.54 Å². The fraction of sp³-hybridized carbons (Fsp3) is 0.304. The van der Waals surface area contributed by atoms with Crippen molar-refractivity contribution in [1.82, 2.24) is 14.5 Å².